The standard InChI is InChI=1S/C11H16/c1-4-6-11-8-5-7-9(2)10(11)3/h4,6,9H,1,3,5,7-8H2,2H3/b11-6-. The zero-order valence-electron chi connectivity index (χ0n) is 7.27. The summed E-state index contributed by atoms with van der Waals surface area (Å²) in [6.07, 6.45) is 7.75. The van der Waals surface area contributed by atoms with Gasteiger partial charge in [0.15, 0.2) is 0 Å². The highest BCUT2D eigenvalue weighted by molar-refractivity contribution is 5.34. The maximum absolute atomic E-state index is 4.08. The maximum atomic E-state index is 4.08. The minimum atomic E-state index is 0.676. The molecule has 0 saturated heterocycles. The Labute approximate surface area is 69.3 Å². The van der Waals surface area contributed by atoms with Crippen LogP contribution in [0.3, 0.4) is 0 Å². The van der Waals surface area contributed by atoms with Gasteiger partial charge in [-0.1, -0.05) is 32.2 Å². The average Bonchev–Trinajstić information content (AvgIpc) is 1.99. The quantitative estimate of drug-likeness (QED) is 0.534. The van der Waals surface area contributed by atoms with Gasteiger partial charge in [-0.25, -0.2) is 0 Å². The molecule has 0 amide bonds. The van der Waals surface area contributed by atoms with Crippen LogP contribution in [0.5, 0.6) is 0 Å². The lowest BCUT2D eigenvalue weighted by Gasteiger charge is -2.23. The van der Waals surface area contributed by atoms with E-state index in [0.717, 1.165) is 0 Å². The first-order valence-electron chi connectivity index (χ1n) is 4.26. The van der Waals surface area contributed by atoms with Crippen molar-refractivity contribution >= 4 is 0 Å². The van der Waals surface area contributed by atoms with Crippen LogP contribution in [-0.2, 0) is 0 Å². The third kappa shape index (κ3) is 1.83. The van der Waals surface area contributed by atoms with Crippen LogP contribution in [-0.4, -0.2) is 0 Å². The second-order valence-electron chi connectivity index (χ2n) is 3.25. The molecule has 0 nitrogen and oxygen atoms in total. The molecule has 0 N–H and O–H groups in total. The Balaban J connectivity index is 2.73. The molecule has 0 aromatic heterocycles. The molecule has 1 saturated carbocycles. The molecule has 0 bridgehead atoms. The summed E-state index contributed by atoms with van der Waals surface area (Å²) in [4.78, 5) is 0. The van der Waals surface area contributed by atoms with Gasteiger partial charge in [0.05, 0.1) is 0 Å². The van der Waals surface area contributed by atoms with E-state index in [4.69, 9.17) is 0 Å². The first-order chi connectivity index (χ1) is 5.25. The van der Waals surface area contributed by atoms with Crippen molar-refractivity contribution in [1.82, 2.24) is 0 Å². The summed E-state index contributed by atoms with van der Waals surface area (Å²) in [7, 11) is 0. The fourth-order valence-electron chi connectivity index (χ4n) is 1.58. The second kappa shape index (κ2) is 3.56. The van der Waals surface area contributed by atoms with E-state index in [0.29, 0.717) is 5.92 Å². The van der Waals surface area contributed by atoms with Crippen molar-refractivity contribution in [3.63, 3.8) is 0 Å². The fourth-order valence-corrected chi connectivity index (χ4v) is 1.58. The lowest BCUT2D eigenvalue weighted by atomic mass is 9.82. The third-order valence-electron chi connectivity index (χ3n) is 2.41. The van der Waals surface area contributed by atoms with Crippen molar-refractivity contribution in [3.8, 4) is 0 Å². The van der Waals surface area contributed by atoms with Crippen LogP contribution in [0.1, 0.15) is 26.2 Å². The molecule has 11 heavy (non-hydrogen) atoms. The van der Waals surface area contributed by atoms with Gasteiger partial charge in [-0.3, -0.25) is 0 Å². The Morgan fingerprint density at radius 3 is 2.91 bits per heavy atom. The van der Waals surface area contributed by atoms with Crippen LogP contribution < -0.4 is 0 Å². The summed E-state index contributed by atoms with van der Waals surface area (Å²) in [5.74, 6) is 0.676. The molecule has 1 atom stereocenters. The highest BCUT2D eigenvalue weighted by atomic mass is 14.2. The van der Waals surface area contributed by atoms with E-state index in [9.17, 15) is 0 Å². The molecule has 1 aliphatic rings. The smallest absolute Gasteiger partial charge is 0.0193 e. The Bertz CT molecular complexity index is 196. The summed E-state index contributed by atoms with van der Waals surface area (Å²) in [6.45, 7) is 10.0. The average molecular weight is 148 g/mol. The number of hydrogen-bond donors (Lipinski definition) is 0. The van der Waals surface area contributed by atoms with Gasteiger partial charge in [0.25, 0.3) is 0 Å². The van der Waals surface area contributed by atoms with E-state index in [1.165, 1.54) is 30.4 Å². The first-order valence-corrected chi connectivity index (χ1v) is 4.26. The van der Waals surface area contributed by atoms with E-state index in [1.807, 2.05) is 6.08 Å². The van der Waals surface area contributed by atoms with E-state index in [1.54, 1.807) is 0 Å². The molecular formula is C11H16. The lowest BCUT2D eigenvalue weighted by Crippen LogP contribution is -2.07. The van der Waals surface area contributed by atoms with Gasteiger partial charge in [-0.2, -0.15) is 0 Å². The van der Waals surface area contributed by atoms with Crippen molar-refractivity contribution in [3.05, 3.63) is 36.5 Å². The van der Waals surface area contributed by atoms with Gasteiger partial charge in [0.1, 0.15) is 0 Å². The van der Waals surface area contributed by atoms with Crippen molar-refractivity contribution in [1.29, 1.82) is 0 Å². The lowest BCUT2D eigenvalue weighted by molar-refractivity contribution is 0.541. The van der Waals surface area contributed by atoms with Crippen molar-refractivity contribution in [2.24, 2.45) is 5.92 Å². The van der Waals surface area contributed by atoms with Crippen LogP contribution >= 0.6 is 0 Å². The van der Waals surface area contributed by atoms with Crippen LogP contribution in [0.2, 0.25) is 0 Å². The van der Waals surface area contributed by atoms with E-state index < -0.39 is 0 Å². The molecule has 1 fully saturated rings. The van der Waals surface area contributed by atoms with Gasteiger partial charge >= 0.3 is 0 Å². The van der Waals surface area contributed by atoms with Crippen LogP contribution in [0.25, 0.3) is 0 Å². The van der Waals surface area contributed by atoms with Crippen molar-refractivity contribution in [2.45, 2.75) is 26.2 Å². The Hall–Kier alpha value is -0.780. The van der Waals surface area contributed by atoms with Gasteiger partial charge < -0.3 is 0 Å². The topological polar surface area (TPSA) is 0 Å². The maximum Gasteiger partial charge on any atom is -0.0193 e. The SMILES string of the molecule is C=C/C=C1/CCCC(C)C1=C. The molecular weight excluding hydrogens is 132 g/mol. The predicted molar refractivity (Wildman–Crippen MR) is 50.4 cm³/mol. The number of allylic oxidation sites excluding steroid dienone is 4. The van der Waals surface area contributed by atoms with E-state index >= 15 is 0 Å². The highest BCUT2D eigenvalue weighted by Gasteiger charge is 2.15. The Morgan fingerprint density at radius 2 is 2.27 bits per heavy atom. The predicted octanol–water partition coefficient (Wildman–Crippen LogP) is 3.48. The number of rotatable bonds is 1. The number of hydrogen-bond acceptors (Lipinski definition) is 0. The minimum Gasteiger partial charge on any atom is -0.0991 e. The van der Waals surface area contributed by atoms with Crippen molar-refractivity contribution in [2.75, 3.05) is 0 Å². The molecule has 0 aromatic rings. The molecule has 0 heterocycles. The minimum absolute atomic E-state index is 0.676. The molecule has 0 aromatic carbocycles. The van der Waals surface area contributed by atoms with Crippen LogP contribution in [0.4, 0.5) is 0 Å². The highest BCUT2D eigenvalue weighted by Crippen LogP contribution is 2.31. The van der Waals surface area contributed by atoms with E-state index in [-0.39, 0.29) is 0 Å². The summed E-state index contributed by atoms with van der Waals surface area (Å²) in [5, 5.41) is 0. The zero-order valence-corrected chi connectivity index (χ0v) is 7.27. The van der Waals surface area contributed by atoms with Crippen molar-refractivity contribution < 1.29 is 0 Å². The van der Waals surface area contributed by atoms with Gasteiger partial charge in [0, 0.05) is 0 Å². The molecule has 60 valence electrons. The molecule has 0 radical (unpaired) electrons. The monoisotopic (exact) mass is 148 g/mol. The summed E-state index contributed by atoms with van der Waals surface area (Å²) in [5.41, 5.74) is 2.72. The summed E-state index contributed by atoms with van der Waals surface area (Å²) < 4.78 is 0. The van der Waals surface area contributed by atoms with Crippen LogP contribution in [0, 0.1) is 5.92 Å². The molecule has 1 unspecified atom stereocenters. The third-order valence-corrected chi connectivity index (χ3v) is 2.41. The molecule has 1 rings (SSSR count). The van der Waals surface area contributed by atoms with Gasteiger partial charge in [0.2, 0.25) is 0 Å². The molecule has 0 spiro atoms. The normalized spacial score (nSPS) is 29.0. The molecule has 1 aliphatic carbocycles. The fraction of sp³-hybridized carbons (Fsp3) is 0.455. The summed E-state index contributed by atoms with van der Waals surface area (Å²) >= 11 is 0. The van der Waals surface area contributed by atoms with Gasteiger partial charge in [-0.05, 0) is 36.3 Å². The largest absolute Gasteiger partial charge is 0.0991 e. The first kappa shape index (κ1) is 8.32. The zero-order chi connectivity index (χ0) is 8.27. The Kier molecular flexibility index (Phi) is 2.70. The van der Waals surface area contributed by atoms with E-state index in [2.05, 4.69) is 26.2 Å². The summed E-state index contributed by atoms with van der Waals surface area (Å²) in [6, 6.07) is 0. The molecule has 0 heteroatoms. The van der Waals surface area contributed by atoms with Crippen LogP contribution in [0.15, 0.2) is 36.5 Å². The molecule has 0 aliphatic heterocycles. The second-order valence-corrected chi connectivity index (χ2v) is 3.25. The Morgan fingerprint density at radius 1 is 1.55 bits per heavy atom. The van der Waals surface area contributed by atoms with Gasteiger partial charge in [-0.15, -0.1) is 0 Å².